The van der Waals surface area contributed by atoms with Crippen LogP contribution in [0, 0.1) is 11.3 Å². The van der Waals surface area contributed by atoms with E-state index in [9.17, 15) is 5.26 Å². The Balaban J connectivity index is 1.00. The van der Waals surface area contributed by atoms with Crippen molar-refractivity contribution >= 4 is 39.0 Å². The highest BCUT2D eigenvalue weighted by Gasteiger charge is 2.46. The molecule has 1 aliphatic rings. The normalized spacial score (nSPS) is 12.5. The van der Waals surface area contributed by atoms with E-state index in [1.54, 1.807) is 0 Å². The minimum Gasteiger partial charge on any atom is -0.456 e. The van der Waals surface area contributed by atoms with Crippen LogP contribution in [0.4, 0.5) is 17.1 Å². The number of furan rings is 1. The summed E-state index contributed by atoms with van der Waals surface area (Å²) in [7, 11) is 0. The van der Waals surface area contributed by atoms with Gasteiger partial charge in [-0.2, -0.15) is 5.26 Å². The Morgan fingerprint density at radius 1 is 0.390 bits per heavy atom. The largest absolute Gasteiger partial charge is 0.456 e. The third kappa shape index (κ3) is 5.57. The number of para-hydroxylation sites is 1. The quantitative estimate of drug-likeness (QED) is 0.163. The Labute approximate surface area is 343 Å². The second kappa shape index (κ2) is 13.9. The fourth-order valence-corrected chi connectivity index (χ4v) is 9.27. The maximum absolute atomic E-state index is 9.69. The van der Waals surface area contributed by atoms with E-state index < -0.39 is 5.41 Å². The molecule has 0 radical (unpaired) electrons. The van der Waals surface area contributed by atoms with Crippen LogP contribution in [0.25, 0.3) is 55.3 Å². The molecule has 11 rings (SSSR count). The molecular weight excluding hydrogens is 717 g/mol. The van der Waals surface area contributed by atoms with Crippen molar-refractivity contribution in [2.24, 2.45) is 0 Å². The third-order valence-corrected chi connectivity index (χ3v) is 12.0. The van der Waals surface area contributed by atoms with Crippen molar-refractivity contribution in [2.45, 2.75) is 5.41 Å². The van der Waals surface area contributed by atoms with E-state index in [0.717, 1.165) is 61.3 Å². The van der Waals surface area contributed by atoms with Crippen LogP contribution < -0.4 is 4.90 Å². The second-order valence-corrected chi connectivity index (χ2v) is 15.2. The second-order valence-electron chi connectivity index (χ2n) is 15.2. The molecule has 276 valence electrons. The van der Waals surface area contributed by atoms with Gasteiger partial charge in [0, 0.05) is 27.8 Å². The van der Waals surface area contributed by atoms with Gasteiger partial charge in [0.15, 0.2) is 0 Å². The van der Waals surface area contributed by atoms with Crippen LogP contribution >= 0.6 is 0 Å². The lowest BCUT2D eigenvalue weighted by Crippen LogP contribution is -2.28. The topological polar surface area (TPSA) is 40.2 Å². The molecule has 0 N–H and O–H groups in total. The molecule has 1 heterocycles. The first-order chi connectivity index (χ1) is 29.2. The lowest BCUT2D eigenvalue weighted by Gasteiger charge is -2.35. The number of hydrogen-bond donors (Lipinski definition) is 0. The van der Waals surface area contributed by atoms with Crippen molar-refractivity contribution in [3.8, 4) is 39.4 Å². The summed E-state index contributed by atoms with van der Waals surface area (Å²) in [6.07, 6.45) is 0. The van der Waals surface area contributed by atoms with Gasteiger partial charge in [-0.25, -0.2) is 0 Å². The van der Waals surface area contributed by atoms with Gasteiger partial charge in [-0.3, -0.25) is 0 Å². The fourth-order valence-electron chi connectivity index (χ4n) is 9.27. The van der Waals surface area contributed by atoms with E-state index in [1.807, 2.05) is 36.4 Å². The van der Waals surface area contributed by atoms with Crippen LogP contribution in [0.2, 0.25) is 0 Å². The number of nitriles is 1. The zero-order chi connectivity index (χ0) is 39.3. The molecule has 0 unspecified atom stereocenters. The van der Waals surface area contributed by atoms with Gasteiger partial charge in [-0.15, -0.1) is 0 Å². The Hall–Kier alpha value is -7.93. The molecule has 3 heteroatoms. The molecule has 0 saturated carbocycles. The minimum absolute atomic E-state index is 0.519. The van der Waals surface area contributed by atoms with E-state index >= 15 is 0 Å². The van der Waals surface area contributed by atoms with Crippen LogP contribution in [0.5, 0.6) is 0 Å². The first kappa shape index (κ1) is 34.3. The Bertz CT molecular complexity index is 3150. The molecule has 10 aromatic rings. The maximum atomic E-state index is 9.69. The summed E-state index contributed by atoms with van der Waals surface area (Å²) in [4.78, 5) is 2.30. The first-order valence-corrected chi connectivity index (χ1v) is 20.0. The fraction of sp³-hybridized carbons (Fsp3) is 0.0179. The van der Waals surface area contributed by atoms with Crippen LogP contribution in [0.1, 0.15) is 27.8 Å². The van der Waals surface area contributed by atoms with Crippen molar-refractivity contribution < 1.29 is 4.42 Å². The third-order valence-electron chi connectivity index (χ3n) is 12.0. The predicted octanol–water partition coefficient (Wildman–Crippen LogP) is 14.6. The number of nitrogens with zero attached hydrogens (tertiary/aromatic N) is 2. The summed E-state index contributed by atoms with van der Waals surface area (Å²) < 4.78 is 6.08. The van der Waals surface area contributed by atoms with Crippen LogP contribution in [0.3, 0.4) is 0 Å². The van der Waals surface area contributed by atoms with Gasteiger partial charge in [-0.1, -0.05) is 152 Å². The number of rotatable bonds is 7. The summed E-state index contributed by atoms with van der Waals surface area (Å²) in [6.45, 7) is 0. The highest BCUT2D eigenvalue weighted by Crippen LogP contribution is 2.57. The number of hydrogen-bond acceptors (Lipinski definition) is 3. The molecule has 0 atom stereocenters. The summed E-state index contributed by atoms with van der Waals surface area (Å²) in [5, 5.41) is 12.0. The average molecular weight is 753 g/mol. The van der Waals surface area contributed by atoms with Gasteiger partial charge < -0.3 is 9.32 Å². The summed E-state index contributed by atoms with van der Waals surface area (Å²) in [5.41, 5.74) is 17.0. The molecule has 0 bridgehead atoms. The molecule has 1 aromatic heterocycles. The standard InChI is InChI=1S/C56H36N2O/c57-37-38-19-28-45(29-20-38)58(46-30-25-40(26-31-46)39-21-23-41(24-22-39)42-27-34-55-51(35-42)50-16-8-10-18-54(50)59-55)47-32-33-49-48-15-7-9-17-52(48)56(53(49)36-47,43-11-3-1-4-12-43)44-13-5-2-6-14-44/h1-36H. The number of benzene rings is 9. The van der Waals surface area contributed by atoms with E-state index in [4.69, 9.17) is 4.42 Å². The van der Waals surface area contributed by atoms with E-state index in [-0.39, 0.29) is 0 Å². The van der Waals surface area contributed by atoms with E-state index in [1.165, 1.54) is 33.4 Å². The van der Waals surface area contributed by atoms with Crippen molar-refractivity contribution in [3.63, 3.8) is 0 Å². The van der Waals surface area contributed by atoms with E-state index in [2.05, 4.69) is 193 Å². The molecule has 59 heavy (non-hydrogen) atoms. The smallest absolute Gasteiger partial charge is 0.135 e. The molecule has 0 fully saturated rings. The van der Waals surface area contributed by atoms with Gasteiger partial charge in [0.2, 0.25) is 0 Å². The number of fused-ring (bicyclic) bond motifs is 6. The minimum atomic E-state index is -0.519. The highest BCUT2D eigenvalue weighted by molar-refractivity contribution is 6.06. The monoisotopic (exact) mass is 752 g/mol. The molecule has 9 aromatic carbocycles. The molecule has 3 nitrogen and oxygen atoms in total. The number of anilines is 3. The van der Waals surface area contributed by atoms with Crippen molar-refractivity contribution in [3.05, 3.63) is 246 Å². The SMILES string of the molecule is N#Cc1ccc(N(c2ccc(-c3ccc(-c4ccc5oc6ccccc6c5c4)cc3)cc2)c2ccc3c(c2)C(c2ccccc2)(c2ccccc2)c2ccccc2-3)cc1. The molecular formula is C56H36N2O. The van der Waals surface area contributed by atoms with Gasteiger partial charge >= 0.3 is 0 Å². The molecule has 0 amide bonds. The van der Waals surface area contributed by atoms with Crippen molar-refractivity contribution in [1.29, 1.82) is 5.26 Å². The molecule has 0 aliphatic heterocycles. The molecule has 0 spiro atoms. The lowest BCUT2D eigenvalue weighted by molar-refractivity contribution is 0.669. The summed E-state index contributed by atoms with van der Waals surface area (Å²) in [5.74, 6) is 0. The maximum Gasteiger partial charge on any atom is 0.135 e. The lowest BCUT2D eigenvalue weighted by atomic mass is 9.67. The summed E-state index contributed by atoms with van der Waals surface area (Å²) >= 11 is 0. The van der Waals surface area contributed by atoms with Gasteiger partial charge in [-0.05, 0) is 122 Å². The van der Waals surface area contributed by atoms with Crippen molar-refractivity contribution in [2.75, 3.05) is 4.90 Å². The van der Waals surface area contributed by atoms with Crippen molar-refractivity contribution in [1.82, 2.24) is 0 Å². The zero-order valence-corrected chi connectivity index (χ0v) is 32.1. The average Bonchev–Trinajstić information content (AvgIpc) is 3.83. The van der Waals surface area contributed by atoms with Crippen LogP contribution in [-0.4, -0.2) is 0 Å². The summed E-state index contributed by atoms with van der Waals surface area (Å²) in [6, 6.07) is 79.9. The Kier molecular flexibility index (Phi) is 8.10. The van der Waals surface area contributed by atoms with Crippen LogP contribution in [-0.2, 0) is 5.41 Å². The zero-order valence-electron chi connectivity index (χ0n) is 32.1. The molecule has 1 aliphatic carbocycles. The van der Waals surface area contributed by atoms with Gasteiger partial charge in [0.1, 0.15) is 11.2 Å². The van der Waals surface area contributed by atoms with E-state index in [0.29, 0.717) is 5.56 Å². The predicted molar refractivity (Wildman–Crippen MR) is 241 cm³/mol. The Morgan fingerprint density at radius 3 is 1.58 bits per heavy atom. The van der Waals surface area contributed by atoms with Crippen LogP contribution in [0.15, 0.2) is 223 Å². The highest BCUT2D eigenvalue weighted by atomic mass is 16.3. The van der Waals surface area contributed by atoms with Gasteiger partial charge in [0.05, 0.1) is 17.0 Å². The van der Waals surface area contributed by atoms with Gasteiger partial charge in [0.25, 0.3) is 0 Å². The Morgan fingerprint density at radius 2 is 0.898 bits per heavy atom. The molecule has 0 saturated heterocycles. The first-order valence-electron chi connectivity index (χ1n) is 20.0.